The minimum atomic E-state index is -1.06. The molecular formula is C38H37F2NO6S. The van der Waals surface area contributed by atoms with Crippen LogP contribution in [0.15, 0.2) is 79.0 Å². The summed E-state index contributed by atoms with van der Waals surface area (Å²) in [5.41, 5.74) is 0.591. The molecular weight excluding hydrogens is 636 g/mol. The number of fused-ring (bicyclic) bond motifs is 1. The third kappa shape index (κ3) is 8.86. The smallest absolute Gasteiger partial charge is 0.185 e. The zero-order chi connectivity index (χ0) is 34.1. The third-order valence-electron chi connectivity index (χ3n) is 8.24. The Kier molecular flexibility index (Phi) is 11.6. The maximum atomic E-state index is 15.3. The number of ketones is 2. The Hall–Kier alpha value is -4.57. The van der Waals surface area contributed by atoms with Crippen LogP contribution in [0, 0.1) is 17.0 Å². The van der Waals surface area contributed by atoms with Crippen molar-refractivity contribution in [1.82, 2.24) is 4.98 Å². The number of carbonyl (C=O) groups excluding carboxylic acids is 3. The van der Waals surface area contributed by atoms with Crippen molar-refractivity contribution in [2.75, 3.05) is 19.5 Å². The number of unbranched alkanes of at least 4 members (excludes halogenated alkanes) is 2. The molecule has 0 radical (unpaired) electrons. The van der Waals surface area contributed by atoms with E-state index in [2.05, 4.69) is 4.98 Å². The number of pyridine rings is 1. The van der Waals surface area contributed by atoms with Gasteiger partial charge in [-0.25, -0.2) is 8.78 Å². The Morgan fingerprint density at radius 3 is 2.27 bits per heavy atom. The number of ether oxygens (including phenoxy) is 3. The summed E-state index contributed by atoms with van der Waals surface area (Å²) in [6, 6.07) is 15.1. The highest BCUT2D eigenvalue weighted by atomic mass is 32.2. The molecule has 0 atom stereocenters. The summed E-state index contributed by atoms with van der Waals surface area (Å²) in [5, 5.41) is 0.733. The van der Waals surface area contributed by atoms with Crippen molar-refractivity contribution in [3.63, 3.8) is 0 Å². The zero-order valence-corrected chi connectivity index (χ0v) is 27.7. The maximum Gasteiger partial charge on any atom is 0.185 e. The van der Waals surface area contributed by atoms with Crippen LogP contribution in [0.3, 0.4) is 0 Å². The number of halogens is 2. The van der Waals surface area contributed by atoms with Gasteiger partial charge in [0.05, 0.1) is 18.0 Å². The number of allylic oxidation sites excluding steroid dienone is 1. The van der Waals surface area contributed by atoms with Crippen molar-refractivity contribution in [1.29, 1.82) is 0 Å². The summed E-state index contributed by atoms with van der Waals surface area (Å²) < 4.78 is 46.0. The first kappa shape index (κ1) is 34.8. The molecule has 0 unspecified atom stereocenters. The lowest BCUT2D eigenvalue weighted by molar-refractivity contribution is -0.133. The monoisotopic (exact) mass is 673 g/mol. The molecule has 3 aromatic carbocycles. The first-order valence-electron chi connectivity index (χ1n) is 15.8. The Balaban J connectivity index is 1.20. The highest BCUT2D eigenvalue weighted by Gasteiger charge is 2.54. The lowest BCUT2D eigenvalue weighted by Gasteiger charge is -2.15. The molecule has 1 aromatic heterocycles. The van der Waals surface area contributed by atoms with Crippen LogP contribution in [-0.4, -0.2) is 41.1 Å². The van der Waals surface area contributed by atoms with E-state index >= 15 is 4.39 Å². The largest absolute Gasteiger partial charge is 0.493 e. The van der Waals surface area contributed by atoms with E-state index in [1.165, 1.54) is 43.1 Å². The quantitative estimate of drug-likeness (QED) is 0.0627. The minimum absolute atomic E-state index is 0.0310. The molecule has 0 amide bonds. The van der Waals surface area contributed by atoms with Crippen LogP contribution in [0.5, 0.6) is 23.0 Å². The molecule has 0 saturated heterocycles. The fourth-order valence-electron chi connectivity index (χ4n) is 5.40. The molecule has 0 bridgehead atoms. The van der Waals surface area contributed by atoms with Crippen molar-refractivity contribution in [3.05, 3.63) is 102 Å². The van der Waals surface area contributed by atoms with Crippen LogP contribution >= 0.6 is 11.8 Å². The Morgan fingerprint density at radius 1 is 0.854 bits per heavy atom. The Bertz CT molecular complexity index is 1820. The van der Waals surface area contributed by atoms with Crippen LogP contribution in [0.25, 0.3) is 10.9 Å². The second kappa shape index (κ2) is 16.0. The van der Waals surface area contributed by atoms with Gasteiger partial charge >= 0.3 is 0 Å². The molecule has 0 spiro atoms. The van der Waals surface area contributed by atoms with Gasteiger partial charge in [0, 0.05) is 43.2 Å². The van der Waals surface area contributed by atoms with Crippen LogP contribution in [0.4, 0.5) is 8.78 Å². The van der Waals surface area contributed by atoms with E-state index in [9.17, 15) is 18.8 Å². The number of hydrogen-bond donors (Lipinski definition) is 0. The van der Waals surface area contributed by atoms with Crippen molar-refractivity contribution in [2.24, 2.45) is 5.41 Å². The molecule has 1 saturated carbocycles. The fraction of sp³-hybridized carbons (Fsp3) is 0.316. The summed E-state index contributed by atoms with van der Waals surface area (Å²) in [6.07, 6.45) is 9.28. The predicted octanol–water partition coefficient (Wildman–Crippen LogP) is 8.40. The molecule has 48 heavy (non-hydrogen) atoms. The third-order valence-corrected chi connectivity index (χ3v) is 9.13. The van der Waals surface area contributed by atoms with Crippen molar-refractivity contribution >= 4 is 39.3 Å². The summed E-state index contributed by atoms with van der Waals surface area (Å²) in [4.78, 5) is 41.6. The van der Waals surface area contributed by atoms with Crippen molar-refractivity contribution < 1.29 is 37.4 Å². The van der Waals surface area contributed by atoms with Gasteiger partial charge in [-0.1, -0.05) is 42.1 Å². The number of methoxy groups -OCH3 is 1. The summed E-state index contributed by atoms with van der Waals surface area (Å²) in [6.45, 7) is 1.91. The van der Waals surface area contributed by atoms with Crippen LogP contribution in [-0.2, 0) is 27.2 Å². The second-order valence-corrected chi connectivity index (χ2v) is 13.0. The van der Waals surface area contributed by atoms with E-state index < -0.39 is 11.2 Å². The molecule has 10 heteroatoms. The predicted molar refractivity (Wildman–Crippen MR) is 182 cm³/mol. The molecule has 250 valence electrons. The SMILES string of the molecule is COc1cc2c(Oc3ccc(CC(=O)C4(C(=O)Cc5ccc(F)cc5)CC4)cc3F)ccnc2cc1OC/C=C/CCCCSC(C)=O. The average molecular weight is 674 g/mol. The highest BCUT2D eigenvalue weighted by Crippen LogP contribution is 2.49. The van der Waals surface area contributed by atoms with E-state index in [-0.39, 0.29) is 41.1 Å². The molecule has 5 rings (SSSR count). The number of carbonyl (C=O) groups is 3. The molecule has 4 aromatic rings. The summed E-state index contributed by atoms with van der Waals surface area (Å²) in [7, 11) is 1.53. The highest BCUT2D eigenvalue weighted by molar-refractivity contribution is 8.13. The van der Waals surface area contributed by atoms with Crippen LogP contribution < -0.4 is 14.2 Å². The van der Waals surface area contributed by atoms with Gasteiger partial charge < -0.3 is 14.2 Å². The van der Waals surface area contributed by atoms with Crippen LogP contribution in [0.1, 0.15) is 50.2 Å². The first-order valence-corrected chi connectivity index (χ1v) is 16.8. The van der Waals surface area contributed by atoms with Gasteiger partial charge in [-0.2, -0.15) is 0 Å². The number of thioether (sulfide) groups is 1. The second-order valence-electron chi connectivity index (χ2n) is 11.7. The zero-order valence-electron chi connectivity index (χ0n) is 26.9. The van der Waals surface area contributed by atoms with Gasteiger partial charge in [0.2, 0.25) is 0 Å². The van der Waals surface area contributed by atoms with Gasteiger partial charge in [-0.3, -0.25) is 19.4 Å². The average Bonchev–Trinajstić information content (AvgIpc) is 3.88. The normalized spacial score (nSPS) is 13.4. The fourth-order valence-corrected chi connectivity index (χ4v) is 6.03. The molecule has 7 nitrogen and oxygen atoms in total. The molecule has 1 fully saturated rings. The van der Waals surface area contributed by atoms with Gasteiger partial charge in [0.1, 0.15) is 18.2 Å². The number of aromatic nitrogens is 1. The van der Waals surface area contributed by atoms with Gasteiger partial charge in [-0.05, 0) is 79.6 Å². The topological polar surface area (TPSA) is 91.8 Å². The molecule has 0 aliphatic heterocycles. The number of benzene rings is 3. The van der Waals surface area contributed by atoms with Gasteiger partial charge in [0.25, 0.3) is 0 Å². The summed E-state index contributed by atoms with van der Waals surface area (Å²) in [5.74, 6) is 0.644. The van der Waals surface area contributed by atoms with E-state index in [4.69, 9.17) is 14.2 Å². The Morgan fingerprint density at radius 2 is 1.58 bits per heavy atom. The lowest BCUT2D eigenvalue weighted by atomic mass is 9.88. The van der Waals surface area contributed by atoms with Crippen molar-refractivity contribution in [3.8, 4) is 23.0 Å². The maximum absolute atomic E-state index is 15.3. The minimum Gasteiger partial charge on any atom is -0.493 e. The number of rotatable bonds is 17. The van der Waals surface area contributed by atoms with E-state index in [0.29, 0.717) is 58.7 Å². The molecule has 1 aliphatic carbocycles. The van der Waals surface area contributed by atoms with Crippen molar-refractivity contribution in [2.45, 2.75) is 51.9 Å². The van der Waals surface area contributed by atoms with E-state index in [0.717, 1.165) is 25.0 Å². The molecule has 1 heterocycles. The molecule has 0 N–H and O–H groups in total. The van der Waals surface area contributed by atoms with Gasteiger partial charge in [-0.15, -0.1) is 0 Å². The first-order chi connectivity index (χ1) is 23.2. The standard InChI is InChI=1S/C38H37F2NO6S/c1-25(42)48-19-7-5-3-4-6-18-46-35-24-31-29(23-34(35)45-2)32(14-17-41-31)47-33-13-10-27(20-30(33)40)22-37(44)38(15-16-38)36(43)21-26-8-11-28(39)12-9-26/h4,6,8-14,17,20,23-24H,3,5,7,15-16,18-19,21-22H2,1-2H3/b6-4+. The number of nitrogens with zero attached hydrogens (tertiary/aromatic N) is 1. The van der Waals surface area contributed by atoms with E-state index in [1.807, 2.05) is 12.2 Å². The van der Waals surface area contributed by atoms with Crippen LogP contribution in [0.2, 0.25) is 0 Å². The lowest BCUT2D eigenvalue weighted by Crippen LogP contribution is -2.28. The summed E-state index contributed by atoms with van der Waals surface area (Å²) >= 11 is 1.35. The number of hydrogen-bond acceptors (Lipinski definition) is 8. The molecule has 1 aliphatic rings. The van der Waals surface area contributed by atoms with Gasteiger partial charge in [0.15, 0.2) is 39.7 Å². The Labute approximate surface area is 282 Å². The number of Topliss-reactive ketones (excluding diaryl/α,β-unsaturated/α-hetero) is 2. The van der Waals surface area contributed by atoms with E-state index in [1.54, 1.807) is 49.5 Å².